The molecule has 1 heterocycles. The van der Waals surface area contributed by atoms with Gasteiger partial charge in [-0.1, -0.05) is 13.8 Å². The van der Waals surface area contributed by atoms with Crippen molar-refractivity contribution in [2.75, 3.05) is 11.9 Å². The first-order valence-electron chi connectivity index (χ1n) is 5.81. The molecule has 0 aliphatic carbocycles. The maximum Gasteiger partial charge on any atom is 0.148 e. The van der Waals surface area contributed by atoms with Crippen LogP contribution in [0.15, 0.2) is 24.3 Å². The van der Waals surface area contributed by atoms with Crippen LogP contribution in [0.2, 0.25) is 0 Å². The first-order valence-corrected chi connectivity index (χ1v) is 5.81. The topological polar surface area (TPSA) is 40.7 Å². The summed E-state index contributed by atoms with van der Waals surface area (Å²) in [4.78, 5) is 0. The Bertz CT molecular complexity index is 535. The molecule has 1 aromatic heterocycles. The van der Waals surface area contributed by atoms with Gasteiger partial charge in [-0.2, -0.15) is 5.10 Å². The van der Waals surface area contributed by atoms with E-state index in [2.05, 4.69) is 29.4 Å². The van der Waals surface area contributed by atoms with Crippen molar-refractivity contribution in [1.29, 1.82) is 0 Å². The first kappa shape index (κ1) is 12.5. The molecule has 0 aliphatic rings. The lowest BCUT2D eigenvalue weighted by Crippen LogP contribution is -2.07. The highest BCUT2D eigenvalue weighted by atomic mass is 19.1. The predicted molar refractivity (Wildman–Crippen MR) is 67.3 cm³/mol. The van der Waals surface area contributed by atoms with E-state index < -0.39 is 11.6 Å². The fourth-order valence-corrected chi connectivity index (χ4v) is 1.56. The van der Waals surface area contributed by atoms with Crippen LogP contribution in [0, 0.1) is 17.6 Å². The molecular weight excluding hydrogens is 236 g/mol. The summed E-state index contributed by atoms with van der Waals surface area (Å²) in [7, 11) is 0. The maximum atomic E-state index is 13.5. The van der Waals surface area contributed by atoms with Gasteiger partial charge < -0.3 is 5.32 Å². The number of rotatable bonds is 4. The molecule has 1 aromatic carbocycles. The molecule has 0 bridgehead atoms. The summed E-state index contributed by atoms with van der Waals surface area (Å²) in [5.41, 5.74) is 0.637. The average molecular weight is 251 g/mol. The van der Waals surface area contributed by atoms with Gasteiger partial charge in [0, 0.05) is 18.2 Å². The van der Waals surface area contributed by atoms with Crippen LogP contribution in [0.3, 0.4) is 0 Å². The monoisotopic (exact) mass is 251 g/mol. The van der Waals surface area contributed by atoms with Crippen LogP contribution in [0.4, 0.5) is 14.6 Å². The summed E-state index contributed by atoms with van der Waals surface area (Å²) in [5, 5.41) is 9.81. The molecule has 0 spiro atoms. The zero-order chi connectivity index (χ0) is 13.1. The Kier molecular flexibility index (Phi) is 3.60. The van der Waals surface area contributed by atoms with Gasteiger partial charge in [-0.3, -0.25) is 5.10 Å². The minimum atomic E-state index is -0.476. The third-order valence-corrected chi connectivity index (χ3v) is 2.49. The Morgan fingerprint density at radius 1 is 1.28 bits per heavy atom. The smallest absolute Gasteiger partial charge is 0.148 e. The lowest BCUT2D eigenvalue weighted by molar-refractivity contribution is 0.602. The molecule has 2 rings (SSSR count). The normalized spacial score (nSPS) is 10.9. The number of anilines is 1. The van der Waals surface area contributed by atoms with E-state index in [-0.39, 0.29) is 5.56 Å². The van der Waals surface area contributed by atoms with E-state index in [9.17, 15) is 8.78 Å². The van der Waals surface area contributed by atoms with Crippen LogP contribution in [0.1, 0.15) is 13.8 Å². The summed E-state index contributed by atoms with van der Waals surface area (Å²) in [5.74, 6) is 0.159. The van der Waals surface area contributed by atoms with E-state index in [4.69, 9.17) is 0 Å². The van der Waals surface area contributed by atoms with Crippen LogP contribution in [-0.4, -0.2) is 16.7 Å². The number of aromatic amines is 1. The van der Waals surface area contributed by atoms with E-state index >= 15 is 0 Å². The number of H-pyrrole nitrogens is 1. The second-order valence-corrected chi connectivity index (χ2v) is 4.57. The number of aromatic nitrogens is 2. The van der Waals surface area contributed by atoms with Gasteiger partial charge in [0.2, 0.25) is 0 Å². The van der Waals surface area contributed by atoms with Gasteiger partial charge in [-0.15, -0.1) is 0 Å². The number of nitrogens with one attached hydrogen (secondary N) is 2. The van der Waals surface area contributed by atoms with Crippen molar-refractivity contribution in [3.63, 3.8) is 0 Å². The molecule has 2 aromatic rings. The minimum absolute atomic E-state index is 0.181. The molecule has 0 unspecified atom stereocenters. The van der Waals surface area contributed by atoms with Gasteiger partial charge >= 0.3 is 0 Å². The second kappa shape index (κ2) is 5.16. The summed E-state index contributed by atoms with van der Waals surface area (Å²) < 4.78 is 26.6. The highest BCUT2D eigenvalue weighted by molar-refractivity contribution is 5.63. The fourth-order valence-electron chi connectivity index (χ4n) is 1.56. The first-order chi connectivity index (χ1) is 8.56. The third kappa shape index (κ3) is 2.85. The van der Waals surface area contributed by atoms with Gasteiger partial charge in [0.25, 0.3) is 0 Å². The molecular formula is C13H15F2N3. The molecule has 0 amide bonds. The highest BCUT2D eigenvalue weighted by Gasteiger charge is 2.09. The van der Waals surface area contributed by atoms with Crippen LogP contribution >= 0.6 is 0 Å². The van der Waals surface area contributed by atoms with Crippen LogP contribution in [0.5, 0.6) is 0 Å². The van der Waals surface area contributed by atoms with E-state index in [0.29, 0.717) is 17.4 Å². The molecule has 0 fully saturated rings. The van der Waals surface area contributed by atoms with Crippen LogP contribution in [-0.2, 0) is 0 Å². The van der Waals surface area contributed by atoms with Crippen molar-refractivity contribution < 1.29 is 8.78 Å². The quantitative estimate of drug-likeness (QED) is 0.874. The number of benzene rings is 1. The van der Waals surface area contributed by atoms with Crippen molar-refractivity contribution in [1.82, 2.24) is 10.2 Å². The van der Waals surface area contributed by atoms with Crippen molar-refractivity contribution in [2.24, 2.45) is 5.92 Å². The standard InChI is InChI=1S/C13H15F2N3/c1-8(2)7-16-13-6-12(17-18-13)10-5-9(14)3-4-11(10)15/h3-6,8H,7H2,1-2H3,(H2,16,17,18). The lowest BCUT2D eigenvalue weighted by Gasteiger charge is -2.04. The summed E-state index contributed by atoms with van der Waals surface area (Å²) in [6.45, 7) is 4.93. The predicted octanol–water partition coefficient (Wildman–Crippen LogP) is 3.42. The summed E-state index contributed by atoms with van der Waals surface area (Å²) >= 11 is 0. The molecule has 0 saturated carbocycles. The molecule has 0 aliphatic heterocycles. The molecule has 96 valence electrons. The summed E-state index contributed by atoms with van der Waals surface area (Å²) in [6, 6.07) is 5.01. The molecule has 0 radical (unpaired) electrons. The fraction of sp³-hybridized carbons (Fsp3) is 0.308. The third-order valence-electron chi connectivity index (χ3n) is 2.49. The SMILES string of the molecule is CC(C)CNc1cc(-c2cc(F)ccc2F)[nH]n1. The van der Waals surface area contributed by atoms with Gasteiger partial charge in [0.1, 0.15) is 17.5 Å². The van der Waals surface area contributed by atoms with Crippen LogP contribution in [0.25, 0.3) is 11.3 Å². The Labute approximate surface area is 104 Å². The Balaban J connectivity index is 2.21. The van der Waals surface area contributed by atoms with Gasteiger partial charge in [0.15, 0.2) is 0 Å². The Morgan fingerprint density at radius 2 is 2.06 bits per heavy atom. The number of nitrogens with zero attached hydrogens (tertiary/aromatic N) is 1. The Hall–Kier alpha value is -1.91. The molecule has 18 heavy (non-hydrogen) atoms. The van der Waals surface area contributed by atoms with Crippen LogP contribution < -0.4 is 5.32 Å². The van der Waals surface area contributed by atoms with E-state index in [1.54, 1.807) is 6.07 Å². The van der Waals surface area contributed by atoms with Gasteiger partial charge in [-0.05, 0) is 24.1 Å². The van der Waals surface area contributed by atoms with Gasteiger partial charge in [0.05, 0.1) is 5.69 Å². The van der Waals surface area contributed by atoms with Gasteiger partial charge in [-0.25, -0.2) is 8.78 Å². The minimum Gasteiger partial charge on any atom is -0.368 e. The summed E-state index contributed by atoms with van der Waals surface area (Å²) in [6.07, 6.45) is 0. The maximum absolute atomic E-state index is 13.5. The Morgan fingerprint density at radius 3 is 2.78 bits per heavy atom. The average Bonchev–Trinajstić information content (AvgIpc) is 2.78. The number of hydrogen-bond donors (Lipinski definition) is 2. The van der Waals surface area contributed by atoms with Crippen molar-refractivity contribution in [3.05, 3.63) is 35.9 Å². The molecule has 3 nitrogen and oxygen atoms in total. The number of hydrogen-bond acceptors (Lipinski definition) is 2. The van der Waals surface area contributed by atoms with Crippen molar-refractivity contribution in [3.8, 4) is 11.3 Å². The zero-order valence-electron chi connectivity index (χ0n) is 10.3. The molecule has 5 heteroatoms. The van der Waals surface area contributed by atoms with E-state index in [1.807, 2.05) is 0 Å². The molecule has 0 atom stereocenters. The molecule has 2 N–H and O–H groups in total. The second-order valence-electron chi connectivity index (χ2n) is 4.57. The highest BCUT2D eigenvalue weighted by Crippen LogP contribution is 2.23. The lowest BCUT2D eigenvalue weighted by atomic mass is 10.1. The largest absolute Gasteiger partial charge is 0.368 e. The number of halogens is 2. The van der Waals surface area contributed by atoms with E-state index in [1.165, 1.54) is 0 Å². The van der Waals surface area contributed by atoms with E-state index in [0.717, 1.165) is 24.7 Å². The molecule has 0 saturated heterocycles. The zero-order valence-corrected chi connectivity index (χ0v) is 10.3. The van der Waals surface area contributed by atoms with Crippen molar-refractivity contribution in [2.45, 2.75) is 13.8 Å². The van der Waals surface area contributed by atoms with Crippen molar-refractivity contribution >= 4 is 5.82 Å².